The number of aliphatic hydroxyl groups excluding tert-OH is 1. The maximum absolute atomic E-state index is 12.4. The molecular formula is C12H18N4O3S2. The first kappa shape index (κ1) is 16.1. The van der Waals surface area contributed by atoms with E-state index in [1.807, 2.05) is 6.92 Å². The van der Waals surface area contributed by atoms with Crippen molar-refractivity contribution in [1.82, 2.24) is 19.5 Å². The van der Waals surface area contributed by atoms with Crippen LogP contribution in [0.5, 0.6) is 0 Å². The van der Waals surface area contributed by atoms with Crippen molar-refractivity contribution in [2.75, 3.05) is 6.61 Å². The van der Waals surface area contributed by atoms with Crippen molar-refractivity contribution in [2.45, 2.75) is 38.8 Å². The number of nitrogens with zero attached hydrogens (tertiary/aromatic N) is 3. The van der Waals surface area contributed by atoms with Crippen molar-refractivity contribution in [3.8, 4) is 0 Å². The summed E-state index contributed by atoms with van der Waals surface area (Å²) in [4.78, 5) is 5.13. The molecule has 21 heavy (non-hydrogen) atoms. The zero-order valence-corrected chi connectivity index (χ0v) is 13.8. The summed E-state index contributed by atoms with van der Waals surface area (Å²) in [6, 6.07) is 0. The van der Waals surface area contributed by atoms with E-state index in [-0.39, 0.29) is 24.6 Å². The number of aryl methyl sites for hydroxylation is 2. The average Bonchev–Trinajstić information content (AvgIpc) is 2.93. The lowest BCUT2D eigenvalue weighted by Crippen LogP contribution is -2.24. The Labute approximate surface area is 127 Å². The van der Waals surface area contributed by atoms with Gasteiger partial charge in [-0.3, -0.25) is 4.68 Å². The monoisotopic (exact) mass is 330 g/mol. The standard InChI is InChI=1S/C12H18N4O3S2/c1-8-12(9(2)16(15-8)4-5-17)21(18,19)14-7-11-6-13-10(3)20-11/h6,14,17H,4-5,7H2,1-3H3. The molecule has 0 amide bonds. The van der Waals surface area contributed by atoms with Gasteiger partial charge < -0.3 is 5.11 Å². The van der Waals surface area contributed by atoms with Gasteiger partial charge in [0.2, 0.25) is 10.0 Å². The van der Waals surface area contributed by atoms with E-state index in [9.17, 15) is 8.42 Å². The lowest BCUT2D eigenvalue weighted by Gasteiger charge is -2.06. The van der Waals surface area contributed by atoms with E-state index >= 15 is 0 Å². The van der Waals surface area contributed by atoms with Crippen molar-refractivity contribution >= 4 is 21.4 Å². The van der Waals surface area contributed by atoms with Crippen LogP contribution in [0.25, 0.3) is 0 Å². The Morgan fingerprint density at radius 3 is 2.67 bits per heavy atom. The molecule has 0 radical (unpaired) electrons. The van der Waals surface area contributed by atoms with E-state index in [4.69, 9.17) is 5.11 Å². The van der Waals surface area contributed by atoms with Crippen LogP contribution in [-0.2, 0) is 23.1 Å². The second-order valence-corrected chi connectivity index (χ2v) is 7.64. The Kier molecular flexibility index (Phi) is 4.77. The highest BCUT2D eigenvalue weighted by molar-refractivity contribution is 7.89. The summed E-state index contributed by atoms with van der Waals surface area (Å²) in [6.07, 6.45) is 1.66. The third kappa shape index (κ3) is 3.49. The Bertz CT molecular complexity index is 734. The molecule has 7 nitrogen and oxygen atoms in total. The highest BCUT2D eigenvalue weighted by Gasteiger charge is 2.24. The number of rotatable bonds is 6. The molecule has 2 rings (SSSR count). The first-order valence-electron chi connectivity index (χ1n) is 6.41. The summed E-state index contributed by atoms with van der Waals surface area (Å²) in [5.41, 5.74) is 0.948. The van der Waals surface area contributed by atoms with Gasteiger partial charge in [-0.25, -0.2) is 18.1 Å². The largest absolute Gasteiger partial charge is 0.394 e. The van der Waals surface area contributed by atoms with Gasteiger partial charge in [-0.2, -0.15) is 5.10 Å². The third-order valence-corrected chi connectivity index (χ3v) is 5.57. The second-order valence-electron chi connectivity index (χ2n) is 4.62. The number of sulfonamides is 1. The van der Waals surface area contributed by atoms with Crippen molar-refractivity contribution in [1.29, 1.82) is 0 Å². The second kappa shape index (κ2) is 6.22. The van der Waals surface area contributed by atoms with Crippen LogP contribution in [0.15, 0.2) is 11.1 Å². The molecule has 0 saturated carbocycles. The van der Waals surface area contributed by atoms with Gasteiger partial charge in [-0.1, -0.05) is 0 Å². The quantitative estimate of drug-likeness (QED) is 0.814. The van der Waals surface area contributed by atoms with Gasteiger partial charge in [-0.15, -0.1) is 11.3 Å². The van der Waals surface area contributed by atoms with Crippen molar-refractivity contribution < 1.29 is 13.5 Å². The molecule has 0 fully saturated rings. The van der Waals surface area contributed by atoms with Crippen LogP contribution in [-0.4, -0.2) is 34.9 Å². The lowest BCUT2D eigenvalue weighted by atomic mass is 10.4. The molecule has 0 aliphatic heterocycles. The van der Waals surface area contributed by atoms with E-state index < -0.39 is 10.0 Å². The topological polar surface area (TPSA) is 97.1 Å². The first-order valence-corrected chi connectivity index (χ1v) is 8.71. The van der Waals surface area contributed by atoms with Crippen LogP contribution < -0.4 is 4.72 Å². The van der Waals surface area contributed by atoms with Crippen LogP contribution in [0.3, 0.4) is 0 Å². The number of hydrogen-bond donors (Lipinski definition) is 2. The van der Waals surface area contributed by atoms with E-state index in [1.165, 1.54) is 16.0 Å². The molecule has 2 heterocycles. The molecule has 0 aliphatic rings. The minimum Gasteiger partial charge on any atom is -0.394 e. The van der Waals surface area contributed by atoms with Gasteiger partial charge in [0, 0.05) is 17.6 Å². The number of aromatic nitrogens is 3. The van der Waals surface area contributed by atoms with Crippen LogP contribution >= 0.6 is 11.3 Å². The van der Waals surface area contributed by atoms with E-state index in [1.54, 1.807) is 20.0 Å². The van der Waals surface area contributed by atoms with Crippen LogP contribution in [0, 0.1) is 20.8 Å². The Morgan fingerprint density at radius 2 is 2.10 bits per heavy atom. The number of aliphatic hydroxyl groups is 1. The SMILES string of the molecule is Cc1ncc(CNS(=O)(=O)c2c(C)nn(CCO)c2C)s1. The fourth-order valence-electron chi connectivity index (χ4n) is 2.11. The van der Waals surface area contributed by atoms with Gasteiger partial charge in [0.1, 0.15) is 4.90 Å². The van der Waals surface area contributed by atoms with E-state index in [0.717, 1.165) is 9.88 Å². The van der Waals surface area contributed by atoms with E-state index in [0.29, 0.717) is 11.4 Å². The molecule has 0 unspecified atom stereocenters. The number of hydrogen-bond acceptors (Lipinski definition) is 6. The molecule has 0 atom stereocenters. The normalized spacial score (nSPS) is 12.0. The molecular weight excluding hydrogens is 312 g/mol. The molecule has 0 bridgehead atoms. The minimum atomic E-state index is -3.64. The molecule has 9 heteroatoms. The van der Waals surface area contributed by atoms with E-state index in [2.05, 4.69) is 14.8 Å². The van der Waals surface area contributed by atoms with Gasteiger partial charge in [0.15, 0.2) is 0 Å². The molecule has 116 valence electrons. The van der Waals surface area contributed by atoms with Crippen LogP contribution in [0.2, 0.25) is 0 Å². The zero-order chi connectivity index (χ0) is 15.6. The molecule has 2 aromatic rings. The Hall–Kier alpha value is -1.29. The fraction of sp³-hybridized carbons (Fsp3) is 0.500. The van der Waals surface area contributed by atoms with Crippen molar-refractivity contribution in [3.63, 3.8) is 0 Å². The predicted octanol–water partition coefficient (Wildman–Crippen LogP) is 0.736. The molecule has 2 N–H and O–H groups in total. The van der Waals surface area contributed by atoms with Crippen LogP contribution in [0.4, 0.5) is 0 Å². The fourth-order valence-corrected chi connectivity index (χ4v) is 4.35. The Balaban J connectivity index is 2.23. The summed E-state index contributed by atoms with van der Waals surface area (Å²) >= 11 is 1.45. The summed E-state index contributed by atoms with van der Waals surface area (Å²) in [6.45, 7) is 5.59. The minimum absolute atomic E-state index is 0.0883. The molecule has 0 aliphatic carbocycles. The summed E-state index contributed by atoms with van der Waals surface area (Å²) in [5, 5.41) is 14.0. The van der Waals surface area contributed by atoms with Gasteiger partial charge in [0.25, 0.3) is 0 Å². The molecule has 0 aromatic carbocycles. The molecule has 0 spiro atoms. The third-order valence-electron chi connectivity index (χ3n) is 3.00. The smallest absolute Gasteiger partial charge is 0.244 e. The maximum Gasteiger partial charge on any atom is 0.244 e. The average molecular weight is 330 g/mol. The first-order chi connectivity index (χ1) is 9.85. The maximum atomic E-state index is 12.4. The highest BCUT2D eigenvalue weighted by atomic mass is 32.2. The van der Waals surface area contributed by atoms with Crippen LogP contribution in [0.1, 0.15) is 21.3 Å². The number of thiazole rings is 1. The summed E-state index contributed by atoms with van der Waals surface area (Å²) in [5.74, 6) is 0. The Morgan fingerprint density at radius 1 is 1.38 bits per heavy atom. The van der Waals surface area contributed by atoms with Gasteiger partial charge >= 0.3 is 0 Å². The highest BCUT2D eigenvalue weighted by Crippen LogP contribution is 2.20. The van der Waals surface area contributed by atoms with Gasteiger partial charge in [-0.05, 0) is 20.8 Å². The van der Waals surface area contributed by atoms with Crippen molar-refractivity contribution in [3.05, 3.63) is 27.5 Å². The number of nitrogens with one attached hydrogen (secondary N) is 1. The molecule has 0 saturated heterocycles. The predicted molar refractivity (Wildman–Crippen MR) is 79.7 cm³/mol. The summed E-state index contributed by atoms with van der Waals surface area (Å²) < 4.78 is 28.9. The van der Waals surface area contributed by atoms with Crippen molar-refractivity contribution in [2.24, 2.45) is 0 Å². The molecule has 2 aromatic heterocycles. The summed E-state index contributed by atoms with van der Waals surface area (Å²) in [7, 11) is -3.64. The zero-order valence-electron chi connectivity index (χ0n) is 12.1. The lowest BCUT2D eigenvalue weighted by molar-refractivity contribution is 0.267. The van der Waals surface area contributed by atoms with Gasteiger partial charge in [0.05, 0.1) is 29.5 Å².